The Balaban J connectivity index is 2.03. The monoisotopic (exact) mass is 262 g/mol. The predicted molar refractivity (Wildman–Crippen MR) is 85.5 cm³/mol. The summed E-state index contributed by atoms with van der Waals surface area (Å²) in [6, 6.07) is 25.0. The second-order valence-electron chi connectivity index (χ2n) is 4.99. The molecule has 3 aromatic rings. The third kappa shape index (κ3) is 2.26. The van der Waals surface area contributed by atoms with Crippen molar-refractivity contribution in [3.63, 3.8) is 0 Å². The number of para-hydroxylation sites is 1. The van der Waals surface area contributed by atoms with Crippen molar-refractivity contribution < 1.29 is 0 Å². The fourth-order valence-corrected chi connectivity index (χ4v) is 2.59. The van der Waals surface area contributed by atoms with E-state index in [0.717, 1.165) is 5.69 Å². The van der Waals surface area contributed by atoms with E-state index < -0.39 is 0 Å². The highest BCUT2D eigenvalue weighted by Gasteiger charge is 2.15. The number of anilines is 1. The van der Waals surface area contributed by atoms with Crippen LogP contribution in [0, 0.1) is 0 Å². The molecule has 0 fully saturated rings. The van der Waals surface area contributed by atoms with E-state index in [4.69, 9.17) is 5.84 Å². The van der Waals surface area contributed by atoms with Gasteiger partial charge in [-0.1, -0.05) is 60.7 Å². The first-order valence-electron chi connectivity index (χ1n) is 6.84. The number of hydrogen-bond donors (Lipinski definition) is 1. The maximum Gasteiger partial charge on any atom is 0.0679 e. The maximum atomic E-state index is 6.29. The van der Waals surface area contributed by atoms with Crippen molar-refractivity contribution in [2.24, 2.45) is 5.84 Å². The molecule has 0 unspecified atom stereocenters. The van der Waals surface area contributed by atoms with Gasteiger partial charge in [0.05, 0.1) is 11.7 Å². The van der Waals surface area contributed by atoms with Crippen LogP contribution in [-0.4, -0.2) is 0 Å². The molecular weight excluding hydrogens is 244 g/mol. The van der Waals surface area contributed by atoms with Gasteiger partial charge in [-0.2, -0.15) is 0 Å². The van der Waals surface area contributed by atoms with E-state index in [1.54, 1.807) is 0 Å². The molecule has 0 amide bonds. The Kier molecular flexibility index (Phi) is 3.40. The first-order valence-corrected chi connectivity index (χ1v) is 6.84. The second-order valence-corrected chi connectivity index (χ2v) is 4.99. The van der Waals surface area contributed by atoms with Crippen LogP contribution in [0.2, 0.25) is 0 Å². The highest BCUT2D eigenvalue weighted by Crippen LogP contribution is 2.29. The summed E-state index contributed by atoms with van der Waals surface area (Å²) in [6.45, 7) is 2.13. The summed E-state index contributed by atoms with van der Waals surface area (Å²) in [7, 11) is 0. The quantitative estimate of drug-likeness (QED) is 0.564. The van der Waals surface area contributed by atoms with Crippen LogP contribution in [0.3, 0.4) is 0 Å². The third-order valence-electron chi connectivity index (χ3n) is 3.75. The van der Waals surface area contributed by atoms with E-state index in [2.05, 4.69) is 49.4 Å². The van der Waals surface area contributed by atoms with E-state index in [1.165, 1.54) is 16.3 Å². The van der Waals surface area contributed by atoms with Crippen LogP contribution >= 0.6 is 0 Å². The molecule has 2 N–H and O–H groups in total. The minimum absolute atomic E-state index is 0.114. The predicted octanol–water partition coefficient (Wildman–Crippen LogP) is 4.28. The average molecular weight is 262 g/mol. The molecule has 1 atom stereocenters. The molecule has 0 aromatic heterocycles. The van der Waals surface area contributed by atoms with Crippen molar-refractivity contribution >= 4 is 16.5 Å². The number of hydrogen-bond acceptors (Lipinski definition) is 2. The molecule has 0 spiro atoms. The molecular formula is C18H18N2. The number of nitrogens with zero attached hydrogens (tertiary/aromatic N) is 1. The zero-order chi connectivity index (χ0) is 13.9. The number of rotatable bonds is 3. The van der Waals surface area contributed by atoms with Crippen LogP contribution in [0.1, 0.15) is 18.5 Å². The SMILES string of the molecule is C[C@@H](c1cccc2ccccc12)N(N)c1ccccc1. The normalized spacial score (nSPS) is 12.3. The molecule has 0 bridgehead atoms. The Morgan fingerprint density at radius 2 is 1.45 bits per heavy atom. The van der Waals surface area contributed by atoms with Gasteiger partial charge in [-0.15, -0.1) is 0 Å². The van der Waals surface area contributed by atoms with Crippen molar-refractivity contribution in [1.29, 1.82) is 0 Å². The number of fused-ring (bicyclic) bond motifs is 1. The summed E-state index contributed by atoms with van der Waals surface area (Å²) in [5.41, 5.74) is 2.27. The second kappa shape index (κ2) is 5.35. The summed E-state index contributed by atoms with van der Waals surface area (Å²) in [4.78, 5) is 0. The minimum Gasteiger partial charge on any atom is -0.304 e. The van der Waals surface area contributed by atoms with Gasteiger partial charge < -0.3 is 5.01 Å². The van der Waals surface area contributed by atoms with Crippen LogP contribution in [0.4, 0.5) is 5.69 Å². The van der Waals surface area contributed by atoms with Gasteiger partial charge in [-0.05, 0) is 35.4 Å². The summed E-state index contributed by atoms with van der Waals surface area (Å²) in [5, 5.41) is 4.33. The minimum atomic E-state index is 0.114. The molecule has 0 aliphatic carbocycles. The Morgan fingerprint density at radius 1 is 0.800 bits per heavy atom. The summed E-state index contributed by atoms with van der Waals surface area (Å²) in [6.07, 6.45) is 0. The van der Waals surface area contributed by atoms with Gasteiger partial charge in [0.2, 0.25) is 0 Å². The Bertz CT molecular complexity index is 701. The van der Waals surface area contributed by atoms with Crippen molar-refractivity contribution in [2.75, 3.05) is 5.01 Å². The van der Waals surface area contributed by atoms with Gasteiger partial charge in [0, 0.05) is 0 Å². The standard InChI is InChI=1S/C18H18N2/c1-14(20(19)16-10-3-2-4-11-16)17-13-7-9-15-8-5-6-12-18(15)17/h2-14H,19H2,1H3/t14-/m0/s1. The van der Waals surface area contributed by atoms with E-state index in [9.17, 15) is 0 Å². The maximum absolute atomic E-state index is 6.29. The van der Waals surface area contributed by atoms with E-state index in [0.29, 0.717) is 0 Å². The van der Waals surface area contributed by atoms with Gasteiger partial charge in [0.25, 0.3) is 0 Å². The van der Waals surface area contributed by atoms with Crippen LogP contribution in [0.15, 0.2) is 72.8 Å². The molecule has 100 valence electrons. The summed E-state index contributed by atoms with van der Waals surface area (Å²) < 4.78 is 0. The topological polar surface area (TPSA) is 29.3 Å². The largest absolute Gasteiger partial charge is 0.304 e. The fourth-order valence-electron chi connectivity index (χ4n) is 2.59. The molecule has 2 heteroatoms. The average Bonchev–Trinajstić information content (AvgIpc) is 2.54. The lowest BCUT2D eigenvalue weighted by molar-refractivity contribution is 0.702. The molecule has 0 saturated carbocycles. The van der Waals surface area contributed by atoms with E-state index >= 15 is 0 Å². The number of nitrogens with two attached hydrogens (primary N) is 1. The highest BCUT2D eigenvalue weighted by molar-refractivity contribution is 5.86. The molecule has 0 heterocycles. The first-order chi connectivity index (χ1) is 9.77. The third-order valence-corrected chi connectivity index (χ3v) is 3.75. The molecule has 0 radical (unpaired) electrons. The molecule has 0 aliphatic rings. The number of hydrazine groups is 1. The van der Waals surface area contributed by atoms with Crippen molar-refractivity contribution in [3.8, 4) is 0 Å². The lowest BCUT2D eigenvalue weighted by Gasteiger charge is -2.27. The first kappa shape index (κ1) is 12.7. The van der Waals surface area contributed by atoms with Crippen molar-refractivity contribution in [1.82, 2.24) is 0 Å². The molecule has 20 heavy (non-hydrogen) atoms. The van der Waals surface area contributed by atoms with Gasteiger partial charge in [-0.3, -0.25) is 0 Å². The molecule has 3 aromatic carbocycles. The van der Waals surface area contributed by atoms with Crippen LogP contribution in [0.25, 0.3) is 10.8 Å². The molecule has 2 nitrogen and oxygen atoms in total. The summed E-state index contributed by atoms with van der Waals surface area (Å²) >= 11 is 0. The lowest BCUT2D eigenvalue weighted by atomic mass is 9.99. The van der Waals surface area contributed by atoms with Gasteiger partial charge in [-0.25, -0.2) is 5.84 Å². The zero-order valence-corrected chi connectivity index (χ0v) is 11.5. The van der Waals surface area contributed by atoms with Gasteiger partial charge >= 0.3 is 0 Å². The van der Waals surface area contributed by atoms with Gasteiger partial charge in [0.15, 0.2) is 0 Å². The van der Waals surface area contributed by atoms with E-state index in [-0.39, 0.29) is 6.04 Å². The Morgan fingerprint density at radius 3 is 2.25 bits per heavy atom. The van der Waals surface area contributed by atoms with E-state index in [1.807, 2.05) is 35.3 Å². The van der Waals surface area contributed by atoms with Gasteiger partial charge in [0.1, 0.15) is 0 Å². The Hall–Kier alpha value is -2.32. The van der Waals surface area contributed by atoms with Crippen molar-refractivity contribution in [2.45, 2.75) is 13.0 Å². The molecule has 0 saturated heterocycles. The fraction of sp³-hybridized carbons (Fsp3) is 0.111. The van der Waals surface area contributed by atoms with Crippen LogP contribution < -0.4 is 10.9 Å². The van der Waals surface area contributed by atoms with Crippen LogP contribution in [0.5, 0.6) is 0 Å². The van der Waals surface area contributed by atoms with Crippen LogP contribution in [-0.2, 0) is 0 Å². The Labute approximate surface area is 119 Å². The zero-order valence-electron chi connectivity index (χ0n) is 11.5. The number of benzene rings is 3. The molecule has 3 rings (SSSR count). The highest BCUT2D eigenvalue weighted by atomic mass is 15.4. The summed E-state index contributed by atoms with van der Waals surface area (Å²) in [5.74, 6) is 6.29. The lowest BCUT2D eigenvalue weighted by Crippen LogP contribution is -2.33. The smallest absolute Gasteiger partial charge is 0.0679 e. The van der Waals surface area contributed by atoms with Crippen molar-refractivity contribution in [3.05, 3.63) is 78.4 Å². The molecule has 0 aliphatic heterocycles.